The van der Waals surface area contributed by atoms with Crippen molar-refractivity contribution in [3.05, 3.63) is 12.2 Å². The van der Waals surface area contributed by atoms with E-state index in [1.54, 1.807) is 4.90 Å². The number of carbonyl (C=O) groups excluding carboxylic acids is 1. The lowest BCUT2D eigenvalue weighted by Gasteiger charge is -2.50. The Hall–Kier alpha value is -1.36. The summed E-state index contributed by atoms with van der Waals surface area (Å²) in [4.78, 5) is 23.3. The minimum absolute atomic E-state index is 0.186. The number of rotatable bonds is 2. The molecule has 0 aromatic carbocycles. The number of aliphatic hydroxyl groups is 1. The first-order valence-electron chi connectivity index (χ1n) is 4.96. The van der Waals surface area contributed by atoms with E-state index in [1.165, 1.54) is 0 Å². The van der Waals surface area contributed by atoms with Gasteiger partial charge in [0.2, 0.25) is 5.91 Å². The van der Waals surface area contributed by atoms with E-state index >= 15 is 0 Å². The molecule has 2 atom stereocenters. The van der Waals surface area contributed by atoms with Gasteiger partial charge in [0.15, 0.2) is 0 Å². The minimum atomic E-state index is -1.12. The van der Waals surface area contributed by atoms with Crippen LogP contribution in [0.15, 0.2) is 12.2 Å². The molecule has 0 spiro atoms. The zero-order valence-electron chi connectivity index (χ0n) is 8.17. The SMILES string of the molecule is O=C(O)/C=C/C(=O)N1CC2CC(C1)C2O. The summed E-state index contributed by atoms with van der Waals surface area (Å²) in [6.45, 7) is 1.08. The van der Waals surface area contributed by atoms with E-state index in [2.05, 4.69) is 0 Å². The predicted molar refractivity (Wildman–Crippen MR) is 51.0 cm³/mol. The number of piperidine rings is 2. The minimum Gasteiger partial charge on any atom is -0.478 e. The van der Waals surface area contributed by atoms with E-state index in [0.29, 0.717) is 13.1 Å². The molecule has 3 fully saturated rings. The molecule has 2 saturated heterocycles. The number of carboxylic acid groups (broad SMARTS) is 1. The Morgan fingerprint density at radius 1 is 1.20 bits per heavy atom. The average molecular weight is 211 g/mol. The third kappa shape index (κ3) is 1.87. The van der Waals surface area contributed by atoms with Crippen LogP contribution in [0.4, 0.5) is 0 Å². The van der Waals surface area contributed by atoms with Crippen LogP contribution in [-0.4, -0.2) is 46.2 Å². The first-order chi connectivity index (χ1) is 7.08. The second kappa shape index (κ2) is 3.66. The molecule has 3 rings (SSSR count). The molecule has 0 aromatic rings. The van der Waals surface area contributed by atoms with Gasteiger partial charge >= 0.3 is 5.97 Å². The van der Waals surface area contributed by atoms with Crippen LogP contribution in [0.5, 0.6) is 0 Å². The second-order valence-electron chi connectivity index (χ2n) is 4.16. The molecule has 5 heteroatoms. The standard InChI is InChI=1S/C10H13NO4/c12-8(1-2-9(13)14)11-4-6-3-7(5-11)10(6)15/h1-2,6-7,10,15H,3-5H2,(H,13,14)/b2-1+. The van der Waals surface area contributed by atoms with Crippen molar-refractivity contribution in [2.45, 2.75) is 12.5 Å². The molecule has 15 heavy (non-hydrogen) atoms. The molecular weight excluding hydrogens is 198 g/mol. The topological polar surface area (TPSA) is 77.8 Å². The number of fused-ring (bicyclic) bond motifs is 2. The Balaban J connectivity index is 1.91. The largest absolute Gasteiger partial charge is 0.478 e. The number of hydrogen-bond donors (Lipinski definition) is 2. The maximum Gasteiger partial charge on any atom is 0.328 e. The first-order valence-corrected chi connectivity index (χ1v) is 4.96. The van der Waals surface area contributed by atoms with Gasteiger partial charge in [-0.3, -0.25) is 4.79 Å². The quantitative estimate of drug-likeness (QED) is 0.602. The summed E-state index contributed by atoms with van der Waals surface area (Å²) in [5, 5.41) is 17.9. The lowest BCUT2D eigenvalue weighted by molar-refractivity contribution is -0.146. The molecule has 3 aliphatic rings. The Morgan fingerprint density at radius 2 is 1.80 bits per heavy atom. The maximum absolute atomic E-state index is 11.5. The third-order valence-electron chi connectivity index (χ3n) is 3.16. The fourth-order valence-corrected chi connectivity index (χ4v) is 2.29. The van der Waals surface area contributed by atoms with Crippen molar-refractivity contribution in [1.29, 1.82) is 0 Å². The van der Waals surface area contributed by atoms with Crippen molar-refractivity contribution in [3.8, 4) is 0 Å². The number of aliphatic hydroxyl groups excluding tert-OH is 1. The summed E-state index contributed by atoms with van der Waals surface area (Å²) >= 11 is 0. The van der Waals surface area contributed by atoms with E-state index in [0.717, 1.165) is 18.6 Å². The van der Waals surface area contributed by atoms with Gasteiger partial charge in [0, 0.05) is 37.1 Å². The monoisotopic (exact) mass is 211 g/mol. The van der Waals surface area contributed by atoms with E-state index in [-0.39, 0.29) is 23.8 Å². The Labute approximate surface area is 87.0 Å². The Morgan fingerprint density at radius 3 is 2.27 bits per heavy atom. The zero-order chi connectivity index (χ0) is 11.0. The van der Waals surface area contributed by atoms with Gasteiger partial charge in [-0.15, -0.1) is 0 Å². The van der Waals surface area contributed by atoms with Crippen molar-refractivity contribution >= 4 is 11.9 Å². The van der Waals surface area contributed by atoms with Gasteiger partial charge in [-0.05, 0) is 6.42 Å². The number of nitrogens with zero attached hydrogens (tertiary/aromatic N) is 1. The predicted octanol–water partition coefficient (Wildman–Crippen LogP) is -0.534. The van der Waals surface area contributed by atoms with Gasteiger partial charge in [0.1, 0.15) is 0 Å². The second-order valence-corrected chi connectivity index (χ2v) is 4.16. The summed E-state index contributed by atoms with van der Waals surface area (Å²) in [6, 6.07) is 0. The molecule has 0 radical (unpaired) electrons. The van der Waals surface area contributed by atoms with Crippen molar-refractivity contribution in [1.82, 2.24) is 4.90 Å². The van der Waals surface area contributed by atoms with E-state index in [1.807, 2.05) is 0 Å². The number of carbonyl (C=O) groups is 2. The van der Waals surface area contributed by atoms with Gasteiger partial charge in [-0.2, -0.15) is 0 Å². The third-order valence-corrected chi connectivity index (χ3v) is 3.16. The van der Waals surface area contributed by atoms with E-state index in [4.69, 9.17) is 5.11 Å². The molecule has 1 amide bonds. The highest BCUT2D eigenvalue weighted by molar-refractivity contribution is 5.94. The van der Waals surface area contributed by atoms with E-state index < -0.39 is 5.97 Å². The van der Waals surface area contributed by atoms with Crippen LogP contribution in [0, 0.1) is 11.8 Å². The first kappa shape index (κ1) is 10.2. The number of amides is 1. The van der Waals surface area contributed by atoms with Crippen molar-refractivity contribution in [2.24, 2.45) is 11.8 Å². The summed E-state index contributed by atoms with van der Waals surface area (Å²) in [6.07, 6.45) is 2.63. The number of hydrogen-bond acceptors (Lipinski definition) is 3. The molecule has 1 saturated carbocycles. The number of carboxylic acids is 1. The molecule has 5 nitrogen and oxygen atoms in total. The summed E-state index contributed by atoms with van der Waals surface area (Å²) in [7, 11) is 0. The molecule has 82 valence electrons. The molecule has 1 aliphatic carbocycles. The van der Waals surface area contributed by atoms with Crippen LogP contribution in [0.3, 0.4) is 0 Å². The highest BCUT2D eigenvalue weighted by Crippen LogP contribution is 2.39. The van der Waals surface area contributed by atoms with Crippen LogP contribution in [0.25, 0.3) is 0 Å². The van der Waals surface area contributed by atoms with Crippen molar-refractivity contribution in [3.63, 3.8) is 0 Å². The fourth-order valence-electron chi connectivity index (χ4n) is 2.29. The van der Waals surface area contributed by atoms with Gasteiger partial charge in [-0.25, -0.2) is 4.79 Å². The van der Waals surface area contributed by atoms with Crippen LogP contribution in [-0.2, 0) is 9.59 Å². The van der Waals surface area contributed by atoms with Crippen LogP contribution >= 0.6 is 0 Å². The van der Waals surface area contributed by atoms with Crippen LogP contribution in [0.2, 0.25) is 0 Å². The Kier molecular flexibility index (Phi) is 2.48. The smallest absolute Gasteiger partial charge is 0.328 e. The molecule has 2 aliphatic heterocycles. The van der Waals surface area contributed by atoms with Crippen molar-refractivity contribution in [2.75, 3.05) is 13.1 Å². The summed E-state index contributed by atoms with van der Waals surface area (Å²) in [5.74, 6) is -1.03. The lowest BCUT2D eigenvalue weighted by Crippen LogP contribution is -2.59. The highest BCUT2D eigenvalue weighted by atomic mass is 16.4. The molecule has 2 bridgehead atoms. The van der Waals surface area contributed by atoms with Crippen molar-refractivity contribution < 1.29 is 19.8 Å². The summed E-state index contributed by atoms with van der Waals surface area (Å²) < 4.78 is 0. The van der Waals surface area contributed by atoms with Gasteiger partial charge in [-0.1, -0.05) is 0 Å². The van der Waals surface area contributed by atoms with Gasteiger partial charge in [0.05, 0.1) is 6.10 Å². The zero-order valence-corrected chi connectivity index (χ0v) is 8.17. The number of aliphatic carboxylic acids is 1. The van der Waals surface area contributed by atoms with Crippen LogP contribution < -0.4 is 0 Å². The average Bonchev–Trinajstić information content (AvgIpc) is 2.25. The van der Waals surface area contributed by atoms with Crippen LogP contribution in [0.1, 0.15) is 6.42 Å². The fraction of sp³-hybridized carbons (Fsp3) is 0.600. The Bertz CT molecular complexity index is 313. The molecule has 2 heterocycles. The normalized spacial score (nSPS) is 33.9. The van der Waals surface area contributed by atoms with Gasteiger partial charge < -0.3 is 15.1 Å². The highest BCUT2D eigenvalue weighted by Gasteiger charge is 2.46. The summed E-state index contributed by atoms with van der Waals surface area (Å²) in [5.41, 5.74) is 0. The molecule has 0 aromatic heterocycles. The molecule has 2 unspecified atom stereocenters. The molecule has 2 N–H and O–H groups in total. The lowest BCUT2D eigenvalue weighted by atomic mass is 9.68. The van der Waals surface area contributed by atoms with E-state index in [9.17, 15) is 14.7 Å². The molecular formula is C10H13NO4. The maximum atomic E-state index is 11.5. The van der Waals surface area contributed by atoms with Gasteiger partial charge in [0.25, 0.3) is 0 Å².